The van der Waals surface area contributed by atoms with Crippen LogP contribution in [0, 0.1) is 6.92 Å². The van der Waals surface area contributed by atoms with Crippen molar-refractivity contribution in [3.63, 3.8) is 0 Å². The van der Waals surface area contributed by atoms with Crippen LogP contribution < -0.4 is 0 Å². The average molecular weight is 255 g/mol. The fourth-order valence-electron chi connectivity index (χ4n) is 1.38. The molecule has 3 nitrogen and oxygen atoms in total. The van der Waals surface area contributed by atoms with Crippen molar-refractivity contribution in [3.8, 4) is 0 Å². The van der Waals surface area contributed by atoms with Gasteiger partial charge in [-0.1, -0.05) is 11.6 Å². The molecule has 2 aromatic rings. The van der Waals surface area contributed by atoms with Crippen molar-refractivity contribution >= 4 is 32.9 Å². The Bertz CT molecular complexity index is 513. The molecule has 0 aliphatic heterocycles. The molecule has 1 N–H and O–H groups in total. The van der Waals surface area contributed by atoms with Crippen molar-refractivity contribution in [2.45, 2.75) is 6.92 Å². The van der Waals surface area contributed by atoms with E-state index in [4.69, 9.17) is 9.52 Å². The summed E-state index contributed by atoms with van der Waals surface area (Å²) in [6.07, 6.45) is 0. The first-order valence-corrected chi connectivity index (χ1v) is 4.81. The highest BCUT2D eigenvalue weighted by Crippen LogP contribution is 2.30. The molecule has 1 aromatic carbocycles. The van der Waals surface area contributed by atoms with Gasteiger partial charge in [0.1, 0.15) is 11.1 Å². The lowest BCUT2D eigenvalue weighted by molar-refractivity contribution is 0.0696. The largest absolute Gasteiger partial charge is 0.478 e. The van der Waals surface area contributed by atoms with Gasteiger partial charge in [-0.3, -0.25) is 0 Å². The Kier molecular flexibility index (Phi) is 2.07. The number of carboxylic acid groups (broad SMARTS) is 1. The standard InChI is InChI=1S/C10H7BrO3/c1-5-2-3-7-6(4-5)8(10(12)13)9(11)14-7/h2-4H,1H3,(H,12,13). The Morgan fingerprint density at radius 1 is 1.50 bits per heavy atom. The van der Waals surface area contributed by atoms with Crippen molar-refractivity contribution < 1.29 is 14.3 Å². The third-order valence-corrected chi connectivity index (χ3v) is 2.57. The quantitative estimate of drug-likeness (QED) is 0.851. The molecule has 0 bridgehead atoms. The number of fused-ring (bicyclic) bond motifs is 1. The summed E-state index contributed by atoms with van der Waals surface area (Å²) in [5, 5.41) is 9.58. The molecule has 72 valence electrons. The van der Waals surface area contributed by atoms with Gasteiger partial charge in [0.05, 0.1) is 0 Å². The Morgan fingerprint density at radius 3 is 2.86 bits per heavy atom. The lowest BCUT2D eigenvalue weighted by Gasteiger charge is -1.92. The van der Waals surface area contributed by atoms with Crippen LogP contribution in [0.2, 0.25) is 0 Å². The van der Waals surface area contributed by atoms with E-state index in [9.17, 15) is 4.79 Å². The number of furan rings is 1. The van der Waals surface area contributed by atoms with E-state index in [1.54, 1.807) is 12.1 Å². The zero-order chi connectivity index (χ0) is 10.3. The lowest BCUT2D eigenvalue weighted by atomic mass is 10.1. The normalized spacial score (nSPS) is 10.7. The van der Waals surface area contributed by atoms with E-state index in [0.29, 0.717) is 11.0 Å². The predicted molar refractivity (Wildman–Crippen MR) is 55.6 cm³/mol. The Hall–Kier alpha value is -1.29. The summed E-state index contributed by atoms with van der Waals surface area (Å²) in [5.41, 5.74) is 1.77. The second kappa shape index (κ2) is 3.13. The molecule has 0 aliphatic carbocycles. The second-order valence-corrected chi connectivity index (χ2v) is 3.78. The van der Waals surface area contributed by atoms with E-state index >= 15 is 0 Å². The molecule has 0 aliphatic rings. The number of benzene rings is 1. The van der Waals surface area contributed by atoms with Crippen molar-refractivity contribution in [2.24, 2.45) is 0 Å². The van der Waals surface area contributed by atoms with Gasteiger partial charge in [-0.2, -0.15) is 0 Å². The maximum atomic E-state index is 10.9. The third-order valence-electron chi connectivity index (χ3n) is 2.01. The van der Waals surface area contributed by atoms with E-state index in [1.165, 1.54) is 0 Å². The summed E-state index contributed by atoms with van der Waals surface area (Å²) >= 11 is 3.09. The number of carbonyl (C=O) groups is 1. The topological polar surface area (TPSA) is 50.4 Å². The maximum Gasteiger partial charge on any atom is 0.340 e. The van der Waals surface area contributed by atoms with Gasteiger partial charge in [0, 0.05) is 5.39 Å². The highest BCUT2D eigenvalue weighted by Gasteiger charge is 2.17. The van der Waals surface area contributed by atoms with E-state index in [0.717, 1.165) is 5.56 Å². The fourth-order valence-corrected chi connectivity index (χ4v) is 1.94. The van der Waals surface area contributed by atoms with E-state index in [-0.39, 0.29) is 10.2 Å². The monoisotopic (exact) mass is 254 g/mol. The van der Waals surface area contributed by atoms with Crippen LogP contribution in [0.1, 0.15) is 15.9 Å². The molecule has 2 rings (SSSR count). The minimum atomic E-state index is -0.985. The molecule has 0 saturated heterocycles. The van der Waals surface area contributed by atoms with Gasteiger partial charge in [-0.15, -0.1) is 0 Å². The predicted octanol–water partition coefficient (Wildman–Crippen LogP) is 3.20. The SMILES string of the molecule is Cc1ccc2oc(Br)c(C(=O)O)c2c1. The van der Waals surface area contributed by atoms with E-state index in [2.05, 4.69) is 15.9 Å². The number of halogens is 1. The van der Waals surface area contributed by atoms with Crippen LogP contribution in [0.5, 0.6) is 0 Å². The first-order chi connectivity index (χ1) is 6.59. The van der Waals surface area contributed by atoms with Gasteiger partial charge in [0.15, 0.2) is 4.67 Å². The maximum absolute atomic E-state index is 10.9. The summed E-state index contributed by atoms with van der Waals surface area (Å²) in [5.74, 6) is -0.985. The first-order valence-electron chi connectivity index (χ1n) is 4.01. The highest BCUT2D eigenvalue weighted by molar-refractivity contribution is 9.10. The van der Waals surface area contributed by atoms with Crippen LogP contribution >= 0.6 is 15.9 Å². The zero-order valence-electron chi connectivity index (χ0n) is 7.37. The average Bonchev–Trinajstić information content (AvgIpc) is 2.40. The number of rotatable bonds is 1. The number of hydrogen-bond acceptors (Lipinski definition) is 2. The van der Waals surface area contributed by atoms with Crippen molar-refractivity contribution in [3.05, 3.63) is 34.0 Å². The third kappa shape index (κ3) is 1.32. The molecule has 1 heterocycles. The molecule has 14 heavy (non-hydrogen) atoms. The van der Waals surface area contributed by atoms with Crippen molar-refractivity contribution in [1.29, 1.82) is 0 Å². The second-order valence-electron chi connectivity index (χ2n) is 3.06. The molecule has 0 atom stereocenters. The molecular weight excluding hydrogens is 248 g/mol. The van der Waals surface area contributed by atoms with Gasteiger partial charge >= 0.3 is 5.97 Å². The molecule has 0 saturated carbocycles. The van der Waals surface area contributed by atoms with Gasteiger partial charge in [0.25, 0.3) is 0 Å². The van der Waals surface area contributed by atoms with Crippen LogP contribution in [-0.2, 0) is 0 Å². The van der Waals surface area contributed by atoms with E-state index < -0.39 is 5.97 Å². The Balaban J connectivity index is 2.86. The van der Waals surface area contributed by atoms with Gasteiger partial charge in [-0.25, -0.2) is 4.79 Å². The smallest absolute Gasteiger partial charge is 0.340 e. The molecule has 0 unspecified atom stereocenters. The first kappa shape index (κ1) is 9.27. The number of carboxylic acids is 1. The molecule has 1 aromatic heterocycles. The summed E-state index contributed by atoms with van der Waals surface area (Å²) in [6, 6.07) is 5.44. The van der Waals surface area contributed by atoms with Crippen LogP contribution in [0.4, 0.5) is 0 Å². The molecule has 0 amide bonds. The van der Waals surface area contributed by atoms with Crippen LogP contribution in [-0.4, -0.2) is 11.1 Å². The number of aromatic carboxylic acids is 1. The van der Waals surface area contributed by atoms with Gasteiger partial charge in [-0.05, 0) is 35.0 Å². The molecular formula is C10H7BrO3. The van der Waals surface area contributed by atoms with Crippen LogP contribution in [0.25, 0.3) is 11.0 Å². The minimum absolute atomic E-state index is 0.184. The minimum Gasteiger partial charge on any atom is -0.478 e. The molecule has 4 heteroatoms. The zero-order valence-corrected chi connectivity index (χ0v) is 8.96. The fraction of sp³-hybridized carbons (Fsp3) is 0.100. The van der Waals surface area contributed by atoms with Gasteiger partial charge in [0.2, 0.25) is 0 Å². The van der Waals surface area contributed by atoms with Crippen LogP contribution in [0.15, 0.2) is 27.3 Å². The summed E-state index contributed by atoms with van der Waals surface area (Å²) in [6.45, 7) is 1.91. The lowest BCUT2D eigenvalue weighted by Crippen LogP contribution is -1.95. The van der Waals surface area contributed by atoms with Crippen LogP contribution in [0.3, 0.4) is 0 Å². The van der Waals surface area contributed by atoms with E-state index in [1.807, 2.05) is 13.0 Å². The summed E-state index contributed by atoms with van der Waals surface area (Å²) in [7, 11) is 0. The Morgan fingerprint density at radius 2 is 2.21 bits per heavy atom. The van der Waals surface area contributed by atoms with Crippen molar-refractivity contribution in [2.75, 3.05) is 0 Å². The number of aryl methyl sites for hydroxylation is 1. The molecule has 0 radical (unpaired) electrons. The number of hydrogen-bond donors (Lipinski definition) is 1. The highest BCUT2D eigenvalue weighted by atomic mass is 79.9. The Labute approximate surface area is 88.5 Å². The molecule has 0 spiro atoms. The molecule has 0 fully saturated rings. The van der Waals surface area contributed by atoms with Gasteiger partial charge < -0.3 is 9.52 Å². The summed E-state index contributed by atoms with van der Waals surface area (Å²) in [4.78, 5) is 10.9. The van der Waals surface area contributed by atoms with Crippen molar-refractivity contribution in [1.82, 2.24) is 0 Å². The summed E-state index contributed by atoms with van der Waals surface area (Å²) < 4.78 is 5.52.